The molecule has 0 aliphatic rings. The minimum atomic E-state index is -1.18. The van der Waals surface area contributed by atoms with Gasteiger partial charge in [0.25, 0.3) is 0 Å². The zero-order valence-electron chi connectivity index (χ0n) is 13.6. The Bertz CT molecular complexity index is 389. The number of carbonyl (C=O) groups is 3. The van der Waals surface area contributed by atoms with Crippen LogP contribution in [0.1, 0.15) is 40.5 Å². The number of amides is 2. The molecule has 0 saturated carbocycles. The molecular weight excluding hydrogens is 276 g/mol. The van der Waals surface area contributed by atoms with Crippen molar-refractivity contribution in [3.05, 3.63) is 0 Å². The number of nitrogens with zero attached hydrogens (tertiary/aromatic N) is 1. The van der Waals surface area contributed by atoms with Crippen molar-refractivity contribution in [2.24, 2.45) is 5.41 Å². The predicted octanol–water partition coefficient (Wildman–Crippen LogP) is 1.47. The van der Waals surface area contributed by atoms with Crippen LogP contribution < -0.4 is 5.32 Å². The number of rotatable bonds is 6. The number of ether oxygens (including phenoxy) is 1. The van der Waals surface area contributed by atoms with E-state index in [0.717, 1.165) is 0 Å². The molecule has 0 rings (SSSR count). The molecule has 7 nitrogen and oxygen atoms in total. The standard InChI is InChI=1S/C14H26N2O5/c1-9(14(2,3)4)16(5)13(20)15-10(12(18)19)7-8-11(17)21-6/h9-10H,7-8H2,1-6H3,(H,15,20)(H,18,19)/t9?,10-/m1/s1. The van der Waals surface area contributed by atoms with Gasteiger partial charge in [-0.05, 0) is 18.8 Å². The second kappa shape index (κ2) is 7.85. The summed E-state index contributed by atoms with van der Waals surface area (Å²) in [5.41, 5.74) is -0.128. The molecule has 2 amide bonds. The van der Waals surface area contributed by atoms with E-state index in [9.17, 15) is 14.4 Å². The van der Waals surface area contributed by atoms with Gasteiger partial charge in [0, 0.05) is 19.5 Å². The van der Waals surface area contributed by atoms with Crippen LogP contribution in [0.4, 0.5) is 4.79 Å². The highest BCUT2D eigenvalue weighted by Gasteiger charge is 2.29. The Labute approximate surface area is 125 Å². The van der Waals surface area contributed by atoms with E-state index in [0.29, 0.717) is 0 Å². The highest BCUT2D eigenvalue weighted by atomic mass is 16.5. The summed E-state index contributed by atoms with van der Waals surface area (Å²) in [6.07, 6.45) is -0.0717. The van der Waals surface area contributed by atoms with Gasteiger partial charge in [-0.2, -0.15) is 0 Å². The molecule has 122 valence electrons. The molecule has 2 atom stereocenters. The Morgan fingerprint density at radius 1 is 1.29 bits per heavy atom. The lowest BCUT2D eigenvalue weighted by Crippen LogP contribution is -2.52. The van der Waals surface area contributed by atoms with Gasteiger partial charge in [-0.3, -0.25) is 4.79 Å². The Balaban J connectivity index is 4.68. The van der Waals surface area contributed by atoms with Gasteiger partial charge >= 0.3 is 18.0 Å². The summed E-state index contributed by atoms with van der Waals surface area (Å²) in [6.45, 7) is 7.87. The Morgan fingerprint density at radius 2 is 1.81 bits per heavy atom. The van der Waals surface area contributed by atoms with Gasteiger partial charge in [0.05, 0.1) is 7.11 Å². The zero-order valence-corrected chi connectivity index (χ0v) is 13.6. The molecule has 0 aliphatic heterocycles. The number of carbonyl (C=O) groups excluding carboxylic acids is 2. The van der Waals surface area contributed by atoms with Gasteiger partial charge in [-0.15, -0.1) is 0 Å². The van der Waals surface area contributed by atoms with Gasteiger partial charge in [-0.25, -0.2) is 9.59 Å². The lowest BCUT2D eigenvalue weighted by atomic mass is 9.87. The topological polar surface area (TPSA) is 95.9 Å². The fourth-order valence-corrected chi connectivity index (χ4v) is 1.63. The summed E-state index contributed by atoms with van der Waals surface area (Å²) in [7, 11) is 2.85. The van der Waals surface area contributed by atoms with Crippen LogP contribution >= 0.6 is 0 Å². The fraction of sp³-hybridized carbons (Fsp3) is 0.786. The van der Waals surface area contributed by atoms with Crippen LogP contribution in [0.3, 0.4) is 0 Å². The van der Waals surface area contributed by atoms with Crippen LogP contribution in [0.5, 0.6) is 0 Å². The van der Waals surface area contributed by atoms with E-state index in [-0.39, 0.29) is 24.3 Å². The van der Waals surface area contributed by atoms with Crippen molar-refractivity contribution in [3.8, 4) is 0 Å². The average Bonchev–Trinajstić information content (AvgIpc) is 2.39. The van der Waals surface area contributed by atoms with Crippen LogP contribution in [0, 0.1) is 5.41 Å². The molecule has 0 aromatic heterocycles. The molecule has 0 aromatic carbocycles. The van der Waals surface area contributed by atoms with E-state index in [4.69, 9.17) is 5.11 Å². The molecule has 2 N–H and O–H groups in total. The van der Waals surface area contributed by atoms with E-state index in [1.807, 2.05) is 27.7 Å². The van der Waals surface area contributed by atoms with E-state index >= 15 is 0 Å². The van der Waals surface area contributed by atoms with Crippen molar-refractivity contribution in [1.82, 2.24) is 10.2 Å². The summed E-state index contributed by atoms with van der Waals surface area (Å²) in [6, 6.07) is -1.67. The van der Waals surface area contributed by atoms with Gasteiger partial charge in [-0.1, -0.05) is 20.8 Å². The molecule has 0 spiro atoms. The molecule has 0 heterocycles. The summed E-state index contributed by atoms with van der Waals surface area (Å²) < 4.78 is 4.46. The third-order valence-corrected chi connectivity index (χ3v) is 3.62. The van der Waals surface area contributed by atoms with E-state index in [2.05, 4.69) is 10.1 Å². The molecule has 7 heteroatoms. The minimum absolute atomic E-state index is 0.00845. The Morgan fingerprint density at radius 3 is 2.19 bits per heavy atom. The lowest BCUT2D eigenvalue weighted by Gasteiger charge is -2.35. The molecule has 0 fully saturated rings. The molecule has 0 aromatic rings. The van der Waals surface area contributed by atoms with E-state index < -0.39 is 24.0 Å². The second-order valence-electron chi connectivity index (χ2n) is 6.11. The van der Waals surface area contributed by atoms with E-state index in [1.54, 1.807) is 7.05 Å². The van der Waals surface area contributed by atoms with Crippen LogP contribution in [-0.2, 0) is 14.3 Å². The van der Waals surface area contributed by atoms with Crippen LogP contribution in [0.25, 0.3) is 0 Å². The first kappa shape index (κ1) is 19.2. The predicted molar refractivity (Wildman–Crippen MR) is 77.9 cm³/mol. The quantitative estimate of drug-likeness (QED) is 0.724. The smallest absolute Gasteiger partial charge is 0.326 e. The molecule has 0 radical (unpaired) electrons. The van der Waals surface area contributed by atoms with Crippen molar-refractivity contribution in [3.63, 3.8) is 0 Å². The maximum atomic E-state index is 12.1. The second-order valence-corrected chi connectivity index (χ2v) is 6.11. The fourth-order valence-electron chi connectivity index (χ4n) is 1.63. The third kappa shape index (κ3) is 6.46. The molecule has 0 saturated heterocycles. The Hall–Kier alpha value is -1.79. The first-order valence-corrected chi connectivity index (χ1v) is 6.83. The maximum absolute atomic E-state index is 12.1. The number of aliphatic carboxylic acids is 1. The van der Waals surface area contributed by atoms with Crippen molar-refractivity contribution in [2.45, 2.75) is 52.6 Å². The zero-order chi connectivity index (χ0) is 16.8. The summed E-state index contributed by atoms with van der Waals surface area (Å²) >= 11 is 0. The monoisotopic (exact) mass is 302 g/mol. The van der Waals surface area contributed by atoms with Crippen LogP contribution in [0.15, 0.2) is 0 Å². The number of carboxylic acid groups (broad SMARTS) is 1. The Kier molecular flexibility index (Phi) is 7.18. The molecular formula is C14H26N2O5. The van der Waals surface area contributed by atoms with Crippen LogP contribution in [0.2, 0.25) is 0 Å². The van der Waals surface area contributed by atoms with Crippen molar-refractivity contribution in [2.75, 3.05) is 14.2 Å². The highest BCUT2D eigenvalue weighted by Crippen LogP contribution is 2.23. The average molecular weight is 302 g/mol. The number of hydrogen-bond donors (Lipinski definition) is 2. The van der Waals surface area contributed by atoms with Crippen LogP contribution in [-0.4, -0.2) is 54.2 Å². The third-order valence-electron chi connectivity index (χ3n) is 3.62. The van der Waals surface area contributed by atoms with Crippen molar-refractivity contribution in [1.29, 1.82) is 0 Å². The number of nitrogens with one attached hydrogen (secondary N) is 1. The number of hydrogen-bond acceptors (Lipinski definition) is 4. The minimum Gasteiger partial charge on any atom is -0.480 e. The highest BCUT2D eigenvalue weighted by molar-refractivity contribution is 5.83. The number of methoxy groups -OCH3 is 1. The molecule has 0 aliphatic carbocycles. The number of esters is 1. The molecule has 1 unspecified atom stereocenters. The van der Waals surface area contributed by atoms with Gasteiger partial charge in [0.2, 0.25) is 0 Å². The molecule has 21 heavy (non-hydrogen) atoms. The maximum Gasteiger partial charge on any atom is 0.326 e. The number of carboxylic acids is 1. The largest absolute Gasteiger partial charge is 0.480 e. The first-order chi connectivity index (χ1) is 9.50. The SMILES string of the molecule is COC(=O)CC[C@@H](NC(=O)N(C)C(C)C(C)(C)C)C(=O)O. The van der Waals surface area contributed by atoms with E-state index in [1.165, 1.54) is 12.0 Å². The van der Waals surface area contributed by atoms with Gasteiger partial charge in [0.15, 0.2) is 0 Å². The summed E-state index contributed by atoms with van der Waals surface area (Å²) in [5.74, 6) is -1.68. The van der Waals surface area contributed by atoms with Gasteiger partial charge < -0.3 is 20.1 Å². The van der Waals surface area contributed by atoms with Gasteiger partial charge in [0.1, 0.15) is 6.04 Å². The lowest BCUT2D eigenvalue weighted by molar-refractivity contribution is -0.142. The summed E-state index contributed by atoms with van der Waals surface area (Å²) in [5, 5.41) is 11.5. The summed E-state index contributed by atoms with van der Waals surface area (Å²) in [4.78, 5) is 35.8. The first-order valence-electron chi connectivity index (χ1n) is 6.83. The normalized spacial score (nSPS) is 14.0. The van der Waals surface area contributed by atoms with Crippen molar-refractivity contribution >= 4 is 18.0 Å². The van der Waals surface area contributed by atoms with Crippen molar-refractivity contribution < 1.29 is 24.2 Å². The number of urea groups is 1. The molecule has 0 bridgehead atoms.